The van der Waals surface area contributed by atoms with Gasteiger partial charge in [-0.15, -0.1) is 0 Å². The van der Waals surface area contributed by atoms with Crippen LogP contribution in [0, 0.1) is 5.82 Å². The molecule has 2 saturated heterocycles. The molecule has 28 heavy (non-hydrogen) atoms. The van der Waals surface area contributed by atoms with Crippen LogP contribution in [0.15, 0.2) is 24.3 Å². The second kappa shape index (κ2) is 9.23. The molecule has 2 heterocycles. The van der Waals surface area contributed by atoms with Gasteiger partial charge in [0, 0.05) is 66.0 Å². The van der Waals surface area contributed by atoms with E-state index in [1.54, 1.807) is 28.8 Å². The van der Waals surface area contributed by atoms with Crippen LogP contribution in [-0.4, -0.2) is 91.1 Å². The summed E-state index contributed by atoms with van der Waals surface area (Å²) in [5.41, 5.74) is 1.11. The summed E-state index contributed by atoms with van der Waals surface area (Å²) in [6.07, 6.45) is 1.82. The molecule has 1 aromatic rings. The van der Waals surface area contributed by atoms with Crippen molar-refractivity contribution in [3.8, 4) is 0 Å². The summed E-state index contributed by atoms with van der Waals surface area (Å²) in [5.74, 6) is -0.211. The number of halogens is 1. The first kappa shape index (κ1) is 20.4. The predicted molar refractivity (Wildman–Crippen MR) is 105 cm³/mol. The lowest BCUT2D eigenvalue weighted by atomic mass is 10.0. The van der Waals surface area contributed by atoms with Crippen molar-refractivity contribution in [1.82, 2.24) is 24.9 Å². The molecule has 7 nitrogen and oxygen atoms in total. The van der Waals surface area contributed by atoms with Crippen LogP contribution in [0.1, 0.15) is 18.4 Å². The Kier molecular flexibility index (Phi) is 6.72. The van der Waals surface area contributed by atoms with E-state index >= 15 is 0 Å². The molecule has 0 bridgehead atoms. The van der Waals surface area contributed by atoms with E-state index in [1.165, 1.54) is 12.1 Å². The van der Waals surface area contributed by atoms with Crippen LogP contribution in [-0.2, 0) is 6.54 Å². The number of nitrogens with one attached hydrogen (secondary N) is 1. The molecule has 2 aliphatic rings. The summed E-state index contributed by atoms with van der Waals surface area (Å²) in [6.45, 7) is 4.90. The molecule has 3 rings (SSSR count). The molecule has 2 aliphatic heterocycles. The molecule has 0 saturated carbocycles. The highest BCUT2D eigenvalue weighted by molar-refractivity contribution is 5.76. The molecule has 0 radical (unpaired) electrons. The summed E-state index contributed by atoms with van der Waals surface area (Å²) in [7, 11) is 3.48. The maximum absolute atomic E-state index is 13.0. The second-order valence-corrected chi connectivity index (χ2v) is 7.78. The van der Waals surface area contributed by atoms with Crippen LogP contribution in [0.3, 0.4) is 0 Å². The van der Waals surface area contributed by atoms with Crippen molar-refractivity contribution in [2.24, 2.45) is 0 Å². The summed E-state index contributed by atoms with van der Waals surface area (Å²) in [5, 5.41) is 3.14. The third-order valence-corrected chi connectivity index (χ3v) is 5.45. The summed E-state index contributed by atoms with van der Waals surface area (Å²) >= 11 is 0. The number of rotatable bonds is 3. The normalized spacial score (nSPS) is 18.8. The van der Waals surface area contributed by atoms with E-state index < -0.39 is 0 Å². The average molecular weight is 391 g/mol. The number of piperidine rings is 1. The molecule has 1 N–H and O–H groups in total. The van der Waals surface area contributed by atoms with Gasteiger partial charge in [0.25, 0.3) is 0 Å². The quantitative estimate of drug-likeness (QED) is 0.855. The van der Waals surface area contributed by atoms with Gasteiger partial charge in [0.2, 0.25) is 0 Å². The van der Waals surface area contributed by atoms with Crippen LogP contribution in [0.4, 0.5) is 14.0 Å². The zero-order valence-electron chi connectivity index (χ0n) is 16.7. The molecule has 2 fully saturated rings. The van der Waals surface area contributed by atoms with Crippen molar-refractivity contribution in [1.29, 1.82) is 0 Å². The van der Waals surface area contributed by atoms with E-state index in [0.29, 0.717) is 26.2 Å². The van der Waals surface area contributed by atoms with Gasteiger partial charge in [-0.2, -0.15) is 0 Å². The molecule has 0 unspecified atom stereocenters. The van der Waals surface area contributed by atoms with Crippen molar-refractivity contribution in [2.75, 3.05) is 53.4 Å². The molecule has 8 heteroatoms. The van der Waals surface area contributed by atoms with Gasteiger partial charge >= 0.3 is 12.1 Å². The van der Waals surface area contributed by atoms with E-state index in [-0.39, 0.29) is 23.9 Å². The van der Waals surface area contributed by atoms with E-state index in [2.05, 4.69) is 10.2 Å². The van der Waals surface area contributed by atoms with Crippen molar-refractivity contribution in [2.45, 2.75) is 25.4 Å². The lowest BCUT2D eigenvalue weighted by Gasteiger charge is -2.37. The monoisotopic (exact) mass is 391 g/mol. The zero-order valence-corrected chi connectivity index (χ0v) is 16.7. The number of hydrogen-bond donors (Lipinski definition) is 1. The summed E-state index contributed by atoms with van der Waals surface area (Å²) in [4.78, 5) is 32.0. The number of carbonyl (C=O) groups excluding carboxylic acids is 2. The highest BCUT2D eigenvalue weighted by Gasteiger charge is 2.27. The zero-order chi connectivity index (χ0) is 20.1. The SMILES string of the molecule is CN(C)C(=O)N1CCN(C(=O)NC2CCN(Cc3ccc(F)cc3)CC2)CC1. The minimum atomic E-state index is -0.211. The molecule has 0 atom stereocenters. The fourth-order valence-electron chi connectivity index (χ4n) is 3.73. The first-order valence-electron chi connectivity index (χ1n) is 9.91. The van der Waals surface area contributed by atoms with Gasteiger partial charge in [-0.25, -0.2) is 14.0 Å². The average Bonchev–Trinajstić information content (AvgIpc) is 2.70. The lowest BCUT2D eigenvalue weighted by Crippen LogP contribution is -2.56. The number of benzene rings is 1. The standard InChI is InChI=1S/C20H30FN5O2/c1-23(2)20(28)26-13-11-25(12-14-26)19(27)22-18-7-9-24(10-8-18)15-16-3-5-17(21)6-4-16/h3-6,18H,7-15H2,1-2H3,(H,22,27). The second-order valence-electron chi connectivity index (χ2n) is 7.78. The first-order valence-corrected chi connectivity index (χ1v) is 9.91. The fraction of sp³-hybridized carbons (Fsp3) is 0.600. The topological polar surface area (TPSA) is 59.1 Å². The van der Waals surface area contributed by atoms with Gasteiger partial charge in [-0.3, -0.25) is 4.90 Å². The Morgan fingerprint density at radius 3 is 2.14 bits per heavy atom. The van der Waals surface area contributed by atoms with Gasteiger partial charge in [-0.05, 0) is 30.5 Å². The Bertz CT molecular complexity index is 666. The largest absolute Gasteiger partial charge is 0.335 e. The van der Waals surface area contributed by atoms with Crippen LogP contribution in [0.2, 0.25) is 0 Å². The van der Waals surface area contributed by atoms with Gasteiger partial charge < -0.3 is 20.0 Å². The Morgan fingerprint density at radius 1 is 1.00 bits per heavy atom. The Morgan fingerprint density at radius 2 is 1.57 bits per heavy atom. The predicted octanol–water partition coefficient (Wildman–Crippen LogP) is 1.80. The van der Waals surface area contributed by atoms with Crippen molar-refractivity contribution < 1.29 is 14.0 Å². The van der Waals surface area contributed by atoms with Crippen molar-refractivity contribution in [3.63, 3.8) is 0 Å². The minimum absolute atomic E-state index is 0.00594. The molecular formula is C20H30FN5O2. The Hall–Kier alpha value is -2.35. The molecule has 0 aliphatic carbocycles. The molecule has 0 spiro atoms. The smallest absolute Gasteiger partial charge is 0.319 e. The summed E-state index contributed by atoms with van der Waals surface area (Å²) in [6, 6.07) is 6.77. The van der Waals surface area contributed by atoms with E-state index in [4.69, 9.17) is 0 Å². The maximum Gasteiger partial charge on any atom is 0.319 e. The van der Waals surface area contributed by atoms with E-state index in [9.17, 15) is 14.0 Å². The minimum Gasteiger partial charge on any atom is -0.335 e. The van der Waals surface area contributed by atoms with Crippen LogP contribution >= 0.6 is 0 Å². The van der Waals surface area contributed by atoms with Crippen LogP contribution in [0.25, 0.3) is 0 Å². The number of likely N-dealkylation sites (tertiary alicyclic amines) is 1. The Balaban J connectivity index is 1.38. The maximum atomic E-state index is 13.0. The number of carbonyl (C=O) groups is 2. The number of nitrogens with zero attached hydrogens (tertiary/aromatic N) is 4. The molecule has 0 aromatic heterocycles. The fourth-order valence-corrected chi connectivity index (χ4v) is 3.73. The van der Waals surface area contributed by atoms with Gasteiger partial charge in [-0.1, -0.05) is 12.1 Å². The van der Waals surface area contributed by atoms with Gasteiger partial charge in [0.05, 0.1) is 0 Å². The first-order chi connectivity index (χ1) is 13.4. The molecule has 1 aromatic carbocycles. The van der Waals surface area contributed by atoms with E-state index in [1.807, 2.05) is 12.1 Å². The molecule has 4 amide bonds. The van der Waals surface area contributed by atoms with Gasteiger partial charge in [0.15, 0.2) is 0 Å². The summed E-state index contributed by atoms with van der Waals surface area (Å²) < 4.78 is 13.0. The van der Waals surface area contributed by atoms with Gasteiger partial charge in [0.1, 0.15) is 5.82 Å². The number of piperazine rings is 1. The Labute approximate surface area is 166 Å². The molecule has 154 valence electrons. The van der Waals surface area contributed by atoms with Crippen molar-refractivity contribution in [3.05, 3.63) is 35.6 Å². The highest BCUT2D eigenvalue weighted by atomic mass is 19.1. The number of amides is 4. The third-order valence-electron chi connectivity index (χ3n) is 5.45. The van der Waals surface area contributed by atoms with Crippen LogP contribution in [0.5, 0.6) is 0 Å². The lowest BCUT2D eigenvalue weighted by molar-refractivity contribution is 0.124. The van der Waals surface area contributed by atoms with E-state index in [0.717, 1.165) is 38.0 Å². The third kappa shape index (κ3) is 5.34. The number of hydrogen-bond acceptors (Lipinski definition) is 3. The highest BCUT2D eigenvalue weighted by Crippen LogP contribution is 2.15. The number of urea groups is 2. The molecular weight excluding hydrogens is 361 g/mol. The van der Waals surface area contributed by atoms with Crippen molar-refractivity contribution >= 4 is 12.1 Å². The van der Waals surface area contributed by atoms with Crippen LogP contribution < -0.4 is 5.32 Å².